The summed E-state index contributed by atoms with van der Waals surface area (Å²) in [5, 5.41) is 0. The van der Waals surface area contributed by atoms with Crippen molar-refractivity contribution in [2.45, 2.75) is 25.4 Å². The van der Waals surface area contributed by atoms with Crippen LogP contribution in [0.2, 0.25) is 0 Å². The molecular weight excluding hydrogens is 244 g/mol. The number of benzene rings is 1. The summed E-state index contributed by atoms with van der Waals surface area (Å²) in [5.74, 6) is -2.14. The van der Waals surface area contributed by atoms with Gasteiger partial charge < -0.3 is 4.74 Å². The summed E-state index contributed by atoms with van der Waals surface area (Å²) in [5.41, 5.74) is 0.668. The van der Waals surface area contributed by atoms with Crippen LogP contribution in [-0.2, 0) is 19.1 Å². The lowest BCUT2D eigenvalue weighted by Gasteiger charge is -2.22. The number of hydrogen-bond acceptors (Lipinski definition) is 4. The van der Waals surface area contributed by atoms with Crippen LogP contribution in [0.25, 0.3) is 0 Å². The van der Waals surface area contributed by atoms with Crippen LogP contribution in [-0.4, -0.2) is 24.5 Å². The third kappa shape index (κ3) is 2.79. The quantitative estimate of drug-likeness (QED) is 0.775. The summed E-state index contributed by atoms with van der Waals surface area (Å²) >= 11 is 0. The second kappa shape index (κ2) is 5.89. The molecule has 1 aromatic rings. The first kappa shape index (κ1) is 13.6. The van der Waals surface area contributed by atoms with Gasteiger partial charge in [0.25, 0.3) is 0 Å². The van der Waals surface area contributed by atoms with E-state index in [-0.39, 0.29) is 11.6 Å². The molecule has 1 aliphatic carbocycles. The number of ether oxygens (including phenoxy) is 1. The number of hydrogen-bond donors (Lipinski definition) is 0. The molecule has 0 heterocycles. The molecule has 4 nitrogen and oxygen atoms in total. The molecule has 1 aromatic carbocycles. The molecule has 19 heavy (non-hydrogen) atoms. The lowest BCUT2D eigenvalue weighted by Crippen LogP contribution is -2.38. The fourth-order valence-corrected chi connectivity index (χ4v) is 2.42. The lowest BCUT2D eigenvalue weighted by molar-refractivity contribution is -0.146. The zero-order chi connectivity index (χ0) is 13.8. The first-order valence-electron chi connectivity index (χ1n) is 6.32. The monoisotopic (exact) mass is 260 g/mol. The van der Waals surface area contributed by atoms with Gasteiger partial charge in [0, 0.05) is 20.0 Å². The van der Waals surface area contributed by atoms with E-state index in [1.54, 1.807) is 24.3 Å². The number of methoxy groups -OCH3 is 1. The smallest absolute Gasteiger partial charge is 0.183 e. The SMILES string of the molecule is COC(C(=O)C1C(=O)CCCC1=O)c1ccccc1. The first-order valence-corrected chi connectivity index (χ1v) is 6.32. The van der Waals surface area contributed by atoms with Gasteiger partial charge in [-0.25, -0.2) is 0 Å². The zero-order valence-corrected chi connectivity index (χ0v) is 10.8. The fourth-order valence-electron chi connectivity index (χ4n) is 2.42. The molecule has 0 amide bonds. The minimum absolute atomic E-state index is 0.278. The summed E-state index contributed by atoms with van der Waals surface area (Å²) < 4.78 is 5.19. The average Bonchev–Trinajstić information content (AvgIpc) is 2.40. The zero-order valence-electron chi connectivity index (χ0n) is 10.8. The standard InChI is InChI=1S/C15H16O4/c1-19-15(10-6-3-2-4-7-10)14(18)13-11(16)8-5-9-12(13)17/h2-4,6-7,13,15H,5,8-9H2,1H3. The fraction of sp³-hybridized carbons (Fsp3) is 0.400. The van der Waals surface area contributed by atoms with Gasteiger partial charge in [-0.1, -0.05) is 30.3 Å². The first-order chi connectivity index (χ1) is 9.15. The van der Waals surface area contributed by atoms with Crippen molar-refractivity contribution in [1.29, 1.82) is 0 Å². The van der Waals surface area contributed by atoms with Crippen molar-refractivity contribution in [2.75, 3.05) is 7.11 Å². The molecule has 0 aliphatic heterocycles. The van der Waals surface area contributed by atoms with Gasteiger partial charge in [-0.15, -0.1) is 0 Å². The molecule has 0 saturated heterocycles. The van der Waals surface area contributed by atoms with Crippen molar-refractivity contribution in [3.8, 4) is 0 Å². The van der Waals surface area contributed by atoms with E-state index in [2.05, 4.69) is 0 Å². The molecule has 0 radical (unpaired) electrons. The van der Waals surface area contributed by atoms with Gasteiger partial charge in [0.2, 0.25) is 0 Å². The van der Waals surface area contributed by atoms with Crippen LogP contribution in [0.4, 0.5) is 0 Å². The van der Waals surface area contributed by atoms with Crippen LogP contribution in [0.1, 0.15) is 30.9 Å². The number of carbonyl (C=O) groups is 3. The Labute approximate surface area is 111 Å². The van der Waals surface area contributed by atoms with Crippen molar-refractivity contribution in [3.63, 3.8) is 0 Å². The Morgan fingerprint density at radius 1 is 1.16 bits per heavy atom. The minimum atomic E-state index is -1.14. The van der Waals surface area contributed by atoms with Gasteiger partial charge in [0.1, 0.15) is 12.0 Å². The third-order valence-electron chi connectivity index (χ3n) is 3.37. The van der Waals surface area contributed by atoms with E-state index >= 15 is 0 Å². The van der Waals surface area contributed by atoms with Gasteiger partial charge in [-0.05, 0) is 12.0 Å². The van der Waals surface area contributed by atoms with Crippen LogP contribution in [0.15, 0.2) is 30.3 Å². The Hall–Kier alpha value is -1.81. The van der Waals surface area contributed by atoms with Gasteiger partial charge in [0.05, 0.1) is 0 Å². The number of ketones is 3. The summed E-state index contributed by atoms with van der Waals surface area (Å²) in [6, 6.07) is 8.92. The van der Waals surface area contributed by atoms with Gasteiger partial charge in [0.15, 0.2) is 17.3 Å². The Morgan fingerprint density at radius 2 is 1.74 bits per heavy atom. The van der Waals surface area contributed by atoms with Crippen LogP contribution >= 0.6 is 0 Å². The molecule has 1 fully saturated rings. The molecule has 2 rings (SSSR count). The van der Waals surface area contributed by atoms with E-state index in [1.807, 2.05) is 6.07 Å². The molecule has 0 bridgehead atoms. The number of rotatable bonds is 4. The topological polar surface area (TPSA) is 60.4 Å². The summed E-state index contributed by atoms with van der Waals surface area (Å²) in [4.78, 5) is 36.0. The van der Waals surface area contributed by atoms with E-state index < -0.39 is 17.8 Å². The van der Waals surface area contributed by atoms with E-state index in [4.69, 9.17) is 4.74 Å². The third-order valence-corrected chi connectivity index (χ3v) is 3.37. The van der Waals surface area contributed by atoms with Crippen LogP contribution in [0, 0.1) is 5.92 Å². The van der Waals surface area contributed by atoms with Crippen molar-refractivity contribution >= 4 is 17.3 Å². The van der Waals surface area contributed by atoms with Crippen LogP contribution < -0.4 is 0 Å². The second-order valence-electron chi connectivity index (χ2n) is 4.65. The Morgan fingerprint density at radius 3 is 2.26 bits per heavy atom. The van der Waals surface area contributed by atoms with E-state index in [1.165, 1.54) is 7.11 Å². The molecular formula is C15H16O4. The highest BCUT2D eigenvalue weighted by Gasteiger charge is 2.39. The number of carbonyl (C=O) groups excluding carboxylic acids is 3. The maximum absolute atomic E-state index is 12.4. The highest BCUT2D eigenvalue weighted by Crippen LogP contribution is 2.26. The molecule has 100 valence electrons. The van der Waals surface area contributed by atoms with Crippen LogP contribution in [0.5, 0.6) is 0 Å². The predicted octanol–water partition coefficient (Wildman–Crippen LogP) is 1.88. The molecule has 0 spiro atoms. The van der Waals surface area contributed by atoms with Crippen molar-refractivity contribution in [1.82, 2.24) is 0 Å². The van der Waals surface area contributed by atoms with Crippen LogP contribution in [0.3, 0.4) is 0 Å². The van der Waals surface area contributed by atoms with Gasteiger partial charge in [-0.2, -0.15) is 0 Å². The maximum Gasteiger partial charge on any atom is 0.183 e. The minimum Gasteiger partial charge on any atom is -0.369 e. The molecule has 1 atom stereocenters. The predicted molar refractivity (Wildman–Crippen MR) is 68.6 cm³/mol. The van der Waals surface area contributed by atoms with E-state index in [9.17, 15) is 14.4 Å². The average molecular weight is 260 g/mol. The molecule has 1 unspecified atom stereocenters. The van der Waals surface area contributed by atoms with Gasteiger partial charge in [-0.3, -0.25) is 14.4 Å². The van der Waals surface area contributed by atoms with Gasteiger partial charge >= 0.3 is 0 Å². The second-order valence-corrected chi connectivity index (χ2v) is 4.65. The molecule has 1 aliphatic rings. The highest BCUT2D eigenvalue weighted by molar-refractivity contribution is 6.21. The highest BCUT2D eigenvalue weighted by atomic mass is 16.5. The van der Waals surface area contributed by atoms with Crippen molar-refractivity contribution in [2.24, 2.45) is 5.92 Å². The Balaban J connectivity index is 2.26. The van der Waals surface area contributed by atoms with E-state index in [0.717, 1.165) is 0 Å². The summed E-state index contributed by atoms with van der Waals surface area (Å²) in [7, 11) is 1.41. The molecule has 0 aromatic heterocycles. The normalized spacial score (nSPS) is 18.4. The largest absolute Gasteiger partial charge is 0.369 e. The van der Waals surface area contributed by atoms with Crippen molar-refractivity contribution < 1.29 is 19.1 Å². The van der Waals surface area contributed by atoms with Crippen molar-refractivity contribution in [3.05, 3.63) is 35.9 Å². The summed E-state index contributed by atoms with van der Waals surface area (Å²) in [6.45, 7) is 0. The summed E-state index contributed by atoms with van der Waals surface area (Å²) in [6.07, 6.45) is 0.294. The van der Waals surface area contributed by atoms with E-state index in [0.29, 0.717) is 24.8 Å². The molecule has 0 N–H and O–H groups in total. The lowest BCUT2D eigenvalue weighted by atomic mass is 9.81. The molecule has 1 saturated carbocycles. The Bertz CT molecular complexity index is 476. The molecule has 4 heteroatoms. The maximum atomic E-state index is 12.4. The number of Topliss-reactive ketones (excluding diaryl/α,β-unsaturated/α-hetero) is 3. The Kier molecular flexibility index (Phi) is 4.22.